The van der Waals surface area contributed by atoms with Crippen LogP contribution in [0.1, 0.15) is 22.4 Å². The number of aryl methyl sites for hydroxylation is 3. The zero-order valence-corrected chi connectivity index (χ0v) is 15.9. The molecule has 3 rings (SSSR count). The molecule has 6 heteroatoms. The molecule has 0 saturated heterocycles. The Hall–Kier alpha value is -2.60. The first-order valence-electron chi connectivity index (χ1n) is 8.36. The van der Waals surface area contributed by atoms with E-state index in [4.69, 9.17) is 0 Å². The van der Waals surface area contributed by atoms with E-state index in [0.717, 1.165) is 16.8 Å². The van der Waals surface area contributed by atoms with Gasteiger partial charge in [-0.1, -0.05) is 12.1 Å². The molecule has 1 aromatic carbocycles. The monoisotopic (exact) mass is 367 g/mol. The lowest BCUT2D eigenvalue weighted by atomic mass is 10.1. The predicted molar refractivity (Wildman–Crippen MR) is 107 cm³/mol. The van der Waals surface area contributed by atoms with Crippen molar-refractivity contribution in [3.63, 3.8) is 0 Å². The van der Waals surface area contributed by atoms with Gasteiger partial charge in [-0.15, -0.1) is 11.8 Å². The number of carbonyl (C=O) groups excluding carboxylic acids is 1. The minimum absolute atomic E-state index is 0.0635. The number of anilines is 1. The number of amides is 1. The first-order chi connectivity index (χ1) is 12.4. The summed E-state index contributed by atoms with van der Waals surface area (Å²) in [6.07, 6.45) is 1.78. The lowest BCUT2D eigenvalue weighted by molar-refractivity contribution is -0.113. The van der Waals surface area contributed by atoms with Crippen molar-refractivity contribution in [3.05, 3.63) is 75.3 Å². The molecule has 1 amide bonds. The van der Waals surface area contributed by atoms with Gasteiger partial charge in [0.25, 0.3) is 5.56 Å². The lowest BCUT2D eigenvalue weighted by Crippen LogP contribution is -2.16. The number of nitrogens with one attached hydrogen (secondary N) is 1. The quantitative estimate of drug-likeness (QED) is 0.750. The molecule has 0 aliphatic heterocycles. The Labute approximate surface area is 156 Å². The largest absolute Gasteiger partial charge is 0.325 e. The van der Waals surface area contributed by atoms with Crippen LogP contribution in [0.5, 0.6) is 0 Å². The van der Waals surface area contributed by atoms with Crippen LogP contribution in [-0.2, 0) is 10.5 Å². The maximum Gasteiger partial charge on any atom is 0.258 e. The van der Waals surface area contributed by atoms with Crippen molar-refractivity contribution in [3.8, 4) is 0 Å². The van der Waals surface area contributed by atoms with E-state index in [-0.39, 0.29) is 11.5 Å². The van der Waals surface area contributed by atoms with Crippen LogP contribution in [0.25, 0.3) is 5.65 Å². The Morgan fingerprint density at radius 3 is 2.69 bits per heavy atom. The Morgan fingerprint density at radius 2 is 1.92 bits per heavy atom. The van der Waals surface area contributed by atoms with Gasteiger partial charge in [0, 0.05) is 23.7 Å². The summed E-state index contributed by atoms with van der Waals surface area (Å²) < 4.78 is 1.54. The smallest absolute Gasteiger partial charge is 0.258 e. The molecule has 0 atom stereocenters. The molecule has 0 radical (unpaired) electrons. The van der Waals surface area contributed by atoms with Crippen LogP contribution in [0.3, 0.4) is 0 Å². The Kier molecular flexibility index (Phi) is 5.42. The SMILES string of the molecule is Cc1ccc2nc(CSCC(=O)Nc3ccc(C)c(C)c3)cc(=O)n2c1. The highest BCUT2D eigenvalue weighted by Gasteiger charge is 2.07. The number of aromatic nitrogens is 2. The molecule has 3 aromatic rings. The first kappa shape index (κ1) is 18.2. The van der Waals surface area contributed by atoms with Gasteiger partial charge in [-0.3, -0.25) is 14.0 Å². The molecular formula is C20H21N3O2S. The molecule has 0 fully saturated rings. The Bertz CT molecular complexity index is 1030. The van der Waals surface area contributed by atoms with E-state index in [9.17, 15) is 9.59 Å². The predicted octanol–water partition coefficient (Wildman–Crippen LogP) is 3.49. The average molecular weight is 367 g/mol. The molecule has 0 aliphatic rings. The minimum Gasteiger partial charge on any atom is -0.325 e. The number of rotatable bonds is 5. The molecule has 0 spiro atoms. The molecular weight excluding hydrogens is 346 g/mol. The fraction of sp³-hybridized carbons (Fsp3) is 0.250. The molecule has 0 bridgehead atoms. The van der Waals surface area contributed by atoms with Crippen molar-refractivity contribution < 1.29 is 4.79 Å². The molecule has 5 nitrogen and oxygen atoms in total. The normalized spacial score (nSPS) is 10.9. The van der Waals surface area contributed by atoms with Crippen LogP contribution in [0, 0.1) is 20.8 Å². The van der Waals surface area contributed by atoms with E-state index in [2.05, 4.69) is 10.3 Å². The van der Waals surface area contributed by atoms with Gasteiger partial charge in [0.15, 0.2) is 0 Å². The van der Waals surface area contributed by atoms with Crippen LogP contribution in [0.4, 0.5) is 5.69 Å². The van der Waals surface area contributed by atoms with Gasteiger partial charge in [0.2, 0.25) is 5.91 Å². The van der Waals surface area contributed by atoms with E-state index in [0.29, 0.717) is 22.8 Å². The van der Waals surface area contributed by atoms with Crippen LogP contribution >= 0.6 is 11.8 Å². The van der Waals surface area contributed by atoms with E-state index in [1.165, 1.54) is 27.8 Å². The minimum atomic E-state index is -0.103. The lowest BCUT2D eigenvalue weighted by Gasteiger charge is -2.08. The second-order valence-corrected chi connectivity index (χ2v) is 7.35. The highest BCUT2D eigenvalue weighted by atomic mass is 32.2. The molecule has 134 valence electrons. The highest BCUT2D eigenvalue weighted by Crippen LogP contribution is 2.15. The van der Waals surface area contributed by atoms with Crippen LogP contribution in [-0.4, -0.2) is 21.0 Å². The molecule has 2 aromatic heterocycles. The number of carbonyl (C=O) groups is 1. The maximum absolute atomic E-state index is 12.2. The molecule has 0 aliphatic carbocycles. The zero-order chi connectivity index (χ0) is 18.7. The second-order valence-electron chi connectivity index (χ2n) is 6.36. The van der Waals surface area contributed by atoms with Crippen LogP contribution in [0.2, 0.25) is 0 Å². The zero-order valence-electron chi connectivity index (χ0n) is 15.1. The topological polar surface area (TPSA) is 63.5 Å². The van der Waals surface area contributed by atoms with Gasteiger partial charge < -0.3 is 5.32 Å². The van der Waals surface area contributed by atoms with Gasteiger partial charge in [-0.05, 0) is 55.7 Å². The third kappa shape index (κ3) is 4.32. The summed E-state index contributed by atoms with van der Waals surface area (Å²) in [4.78, 5) is 28.8. The fourth-order valence-electron chi connectivity index (χ4n) is 2.60. The summed E-state index contributed by atoms with van der Waals surface area (Å²) in [5, 5.41) is 2.90. The van der Waals surface area contributed by atoms with Crippen LogP contribution in [0.15, 0.2) is 47.4 Å². The summed E-state index contributed by atoms with van der Waals surface area (Å²) in [7, 11) is 0. The number of nitrogens with zero attached hydrogens (tertiary/aromatic N) is 2. The summed E-state index contributed by atoms with van der Waals surface area (Å²) in [6.45, 7) is 5.99. The van der Waals surface area contributed by atoms with E-state index >= 15 is 0 Å². The molecule has 0 saturated carbocycles. The first-order valence-corrected chi connectivity index (χ1v) is 9.51. The summed E-state index contributed by atoms with van der Waals surface area (Å²) in [6, 6.07) is 11.1. The van der Waals surface area contributed by atoms with E-state index in [1.807, 2.05) is 51.1 Å². The standard InChI is InChI=1S/C20H21N3O2S/c1-13-4-7-18-21-17(9-20(25)23(18)10-13)11-26-12-19(24)22-16-6-5-14(2)15(3)8-16/h4-10H,11-12H2,1-3H3,(H,22,24). The number of fused-ring (bicyclic) bond motifs is 1. The number of benzene rings is 1. The van der Waals surface area contributed by atoms with Crippen molar-refractivity contribution >= 4 is 29.0 Å². The molecule has 0 unspecified atom stereocenters. The van der Waals surface area contributed by atoms with Crippen molar-refractivity contribution in [2.24, 2.45) is 0 Å². The van der Waals surface area contributed by atoms with Crippen LogP contribution < -0.4 is 10.9 Å². The van der Waals surface area contributed by atoms with Gasteiger partial charge in [-0.2, -0.15) is 0 Å². The molecule has 2 heterocycles. The molecule has 26 heavy (non-hydrogen) atoms. The van der Waals surface area contributed by atoms with Crippen molar-refractivity contribution in [2.45, 2.75) is 26.5 Å². The summed E-state index contributed by atoms with van der Waals surface area (Å²) >= 11 is 1.44. The van der Waals surface area contributed by atoms with Gasteiger partial charge in [0.1, 0.15) is 5.65 Å². The summed E-state index contributed by atoms with van der Waals surface area (Å²) in [5.74, 6) is 0.758. The number of thioether (sulfide) groups is 1. The second kappa shape index (κ2) is 7.74. The number of hydrogen-bond acceptors (Lipinski definition) is 4. The number of hydrogen-bond donors (Lipinski definition) is 1. The van der Waals surface area contributed by atoms with Crippen molar-refractivity contribution in [2.75, 3.05) is 11.1 Å². The average Bonchev–Trinajstić information content (AvgIpc) is 2.59. The number of pyridine rings is 1. The van der Waals surface area contributed by atoms with Crippen molar-refractivity contribution in [1.29, 1.82) is 0 Å². The summed E-state index contributed by atoms with van der Waals surface area (Å²) in [5.41, 5.74) is 5.35. The van der Waals surface area contributed by atoms with Crippen molar-refractivity contribution in [1.82, 2.24) is 9.38 Å². The Morgan fingerprint density at radius 1 is 1.12 bits per heavy atom. The van der Waals surface area contributed by atoms with Gasteiger partial charge in [-0.25, -0.2) is 4.98 Å². The van der Waals surface area contributed by atoms with Gasteiger partial charge >= 0.3 is 0 Å². The Balaban J connectivity index is 1.60. The third-order valence-electron chi connectivity index (χ3n) is 4.13. The fourth-order valence-corrected chi connectivity index (χ4v) is 3.31. The van der Waals surface area contributed by atoms with Gasteiger partial charge in [0.05, 0.1) is 11.4 Å². The van der Waals surface area contributed by atoms with E-state index < -0.39 is 0 Å². The maximum atomic E-state index is 12.2. The molecule has 1 N–H and O–H groups in total. The van der Waals surface area contributed by atoms with E-state index in [1.54, 1.807) is 6.20 Å². The highest BCUT2D eigenvalue weighted by molar-refractivity contribution is 7.99. The third-order valence-corrected chi connectivity index (χ3v) is 5.10.